The molecule has 0 spiro atoms. The van der Waals surface area contributed by atoms with Crippen LogP contribution in [0.2, 0.25) is 10.0 Å². The molecule has 118 valence electrons. The van der Waals surface area contributed by atoms with Gasteiger partial charge < -0.3 is 10.0 Å². The Balaban J connectivity index is 2.39. The molecule has 1 aliphatic rings. The van der Waals surface area contributed by atoms with E-state index in [1.165, 1.54) is 16.4 Å². The van der Waals surface area contributed by atoms with Crippen LogP contribution >= 0.6 is 23.2 Å². The van der Waals surface area contributed by atoms with E-state index in [0.29, 0.717) is 25.2 Å². The Morgan fingerprint density at radius 3 is 2.52 bits per heavy atom. The van der Waals surface area contributed by atoms with Crippen LogP contribution < -0.4 is 0 Å². The molecule has 1 aliphatic heterocycles. The largest absolute Gasteiger partial charge is 0.392 e. The zero-order chi connectivity index (χ0) is 15.6. The monoisotopic (exact) mass is 352 g/mol. The van der Waals surface area contributed by atoms with Crippen LogP contribution in [0.3, 0.4) is 0 Å². The van der Waals surface area contributed by atoms with Gasteiger partial charge in [0.15, 0.2) is 0 Å². The zero-order valence-corrected chi connectivity index (χ0v) is 14.0. The summed E-state index contributed by atoms with van der Waals surface area (Å²) < 4.78 is 26.9. The van der Waals surface area contributed by atoms with Gasteiger partial charge in [0.25, 0.3) is 0 Å². The molecule has 1 heterocycles. The number of benzene rings is 1. The Morgan fingerprint density at radius 2 is 1.86 bits per heavy atom. The van der Waals surface area contributed by atoms with Crippen molar-refractivity contribution in [2.24, 2.45) is 0 Å². The second kappa shape index (κ2) is 6.81. The Hall–Kier alpha value is -0.370. The molecule has 21 heavy (non-hydrogen) atoms. The van der Waals surface area contributed by atoms with Gasteiger partial charge in [-0.15, -0.1) is 0 Å². The fraction of sp³-hybridized carbons (Fsp3) is 0.538. The Labute approximate surface area is 135 Å². The zero-order valence-electron chi connectivity index (χ0n) is 11.7. The summed E-state index contributed by atoms with van der Waals surface area (Å²) in [5, 5.41) is 9.59. The van der Waals surface area contributed by atoms with E-state index in [1.54, 1.807) is 0 Å². The normalized spacial score (nSPS) is 18.7. The van der Waals surface area contributed by atoms with Crippen LogP contribution in [0.25, 0.3) is 0 Å². The first-order valence-electron chi connectivity index (χ1n) is 6.63. The molecule has 0 aromatic heterocycles. The van der Waals surface area contributed by atoms with E-state index < -0.39 is 10.0 Å². The Morgan fingerprint density at radius 1 is 1.14 bits per heavy atom. The maximum Gasteiger partial charge on any atom is 0.244 e. The molecule has 0 unspecified atom stereocenters. The molecule has 1 aromatic carbocycles. The van der Waals surface area contributed by atoms with Gasteiger partial charge >= 0.3 is 0 Å². The topological polar surface area (TPSA) is 60.9 Å². The fourth-order valence-corrected chi connectivity index (χ4v) is 4.59. The molecule has 8 heteroatoms. The lowest BCUT2D eigenvalue weighted by atomic mass is 10.2. The molecule has 5 nitrogen and oxygen atoms in total. The third kappa shape index (κ3) is 3.70. The van der Waals surface area contributed by atoms with Gasteiger partial charge in [0.05, 0.1) is 11.6 Å². The number of aliphatic hydroxyl groups is 1. The molecule has 0 amide bonds. The number of aliphatic hydroxyl groups excluding tert-OH is 1. The minimum Gasteiger partial charge on any atom is -0.392 e. The highest BCUT2D eigenvalue weighted by Gasteiger charge is 2.28. The van der Waals surface area contributed by atoms with Crippen molar-refractivity contribution in [2.75, 3.05) is 33.2 Å². The van der Waals surface area contributed by atoms with Crippen LogP contribution in [0.5, 0.6) is 0 Å². The SMILES string of the molecule is CN1CCCN(S(=O)(=O)c2cc(CO)c(Cl)cc2Cl)CC1. The van der Waals surface area contributed by atoms with Gasteiger partial charge in [0.2, 0.25) is 10.0 Å². The van der Waals surface area contributed by atoms with Gasteiger partial charge in [-0.05, 0) is 37.7 Å². The van der Waals surface area contributed by atoms with E-state index in [0.717, 1.165) is 13.0 Å². The number of halogens is 2. The van der Waals surface area contributed by atoms with Gasteiger partial charge in [-0.25, -0.2) is 8.42 Å². The summed E-state index contributed by atoms with van der Waals surface area (Å²) in [5.41, 5.74) is 0.353. The number of nitrogens with zero attached hydrogens (tertiary/aromatic N) is 2. The van der Waals surface area contributed by atoms with Crippen molar-refractivity contribution < 1.29 is 13.5 Å². The fourth-order valence-electron chi connectivity index (χ4n) is 2.29. The van der Waals surface area contributed by atoms with Crippen LogP contribution in [-0.4, -0.2) is 56.0 Å². The molecule has 0 aliphatic carbocycles. The van der Waals surface area contributed by atoms with Gasteiger partial charge in [-0.2, -0.15) is 4.31 Å². The molecule has 1 saturated heterocycles. The highest BCUT2D eigenvalue weighted by atomic mass is 35.5. The number of likely N-dealkylation sites (N-methyl/N-ethyl adjacent to an activating group) is 1. The highest BCUT2D eigenvalue weighted by Crippen LogP contribution is 2.31. The lowest BCUT2D eigenvalue weighted by Crippen LogP contribution is -2.34. The van der Waals surface area contributed by atoms with Crippen molar-refractivity contribution in [2.45, 2.75) is 17.9 Å². The van der Waals surface area contributed by atoms with E-state index >= 15 is 0 Å². The van der Waals surface area contributed by atoms with Crippen molar-refractivity contribution in [3.8, 4) is 0 Å². The maximum atomic E-state index is 12.7. The molecular weight excluding hydrogens is 335 g/mol. The van der Waals surface area contributed by atoms with Gasteiger partial charge in [-0.3, -0.25) is 0 Å². The molecule has 1 N–H and O–H groups in total. The summed E-state index contributed by atoms with van der Waals surface area (Å²) in [5.74, 6) is 0. The second-order valence-electron chi connectivity index (χ2n) is 5.09. The summed E-state index contributed by atoms with van der Waals surface area (Å²) >= 11 is 12.0. The Kier molecular flexibility index (Phi) is 5.51. The molecule has 1 fully saturated rings. The standard InChI is InChI=1S/C13H18Cl2N2O3S/c1-16-3-2-4-17(6-5-16)21(19,20)13-7-10(9-18)11(14)8-12(13)15/h7-8,18H,2-6,9H2,1H3. The van der Waals surface area contributed by atoms with Crippen molar-refractivity contribution >= 4 is 33.2 Å². The molecule has 0 saturated carbocycles. The maximum absolute atomic E-state index is 12.7. The van der Waals surface area contributed by atoms with Crippen molar-refractivity contribution in [1.82, 2.24) is 9.21 Å². The van der Waals surface area contributed by atoms with E-state index in [-0.39, 0.29) is 21.5 Å². The molecule has 0 radical (unpaired) electrons. The molecule has 1 aromatic rings. The van der Waals surface area contributed by atoms with E-state index in [9.17, 15) is 13.5 Å². The third-order valence-corrected chi connectivity index (χ3v) is 6.28. The lowest BCUT2D eigenvalue weighted by molar-refractivity contribution is 0.281. The first kappa shape index (κ1) is 17.0. The molecule has 0 bridgehead atoms. The summed E-state index contributed by atoms with van der Waals surface area (Å²) in [6.07, 6.45) is 0.772. The summed E-state index contributed by atoms with van der Waals surface area (Å²) in [7, 11) is -1.72. The van der Waals surface area contributed by atoms with Gasteiger partial charge in [0.1, 0.15) is 4.90 Å². The third-order valence-electron chi connectivity index (χ3n) is 3.57. The quantitative estimate of drug-likeness (QED) is 0.901. The predicted molar refractivity (Wildman–Crippen MR) is 83.3 cm³/mol. The predicted octanol–water partition coefficient (Wildman–Crippen LogP) is 1.81. The number of hydrogen-bond acceptors (Lipinski definition) is 4. The molecular formula is C13H18Cl2N2O3S. The minimum absolute atomic E-state index is 0.00201. The van der Waals surface area contributed by atoms with Crippen molar-refractivity contribution in [3.05, 3.63) is 27.7 Å². The average molecular weight is 353 g/mol. The van der Waals surface area contributed by atoms with Crippen LogP contribution in [0, 0.1) is 0 Å². The van der Waals surface area contributed by atoms with Crippen LogP contribution in [0.1, 0.15) is 12.0 Å². The summed E-state index contributed by atoms with van der Waals surface area (Å²) in [6.45, 7) is 2.09. The van der Waals surface area contributed by atoms with Crippen LogP contribution in [0.15, 0.2) is 17.0 Å². The first-order valence-corrected chi connectivity index (χ1v) is 8.83. The molecule has 0 atom stereocenters. The van der Waals surface area contributed by atoms with Crippen molar-refractivity contribution in [3.63, 3.8) is 0 Å². The van der Waals surface area contributed by atoms with E-state index in [1.807, 2.05) is 7.05 Å². The number of hydrogen-bond donors (Lipinski definition) is 1. The minimum atomic E-state index is -3.68. The summed E-state index contributed by atoms with van der Waals surface area (Å²) in [6, 6.07) is 2.72. The first-order chi connectivity index (χ1) is 9.86. The lowest BCUT2D eigenvalue weighted by Gasteiger charge is -2.21. The molecule has 2 rings (SSSR count). The summed E-state index contributed by atoms with van der Waals surface area (Å²) in [4.78, 5) is 2.10. The Bertz CT molecular complexity index is 622. The van der Waals surface area contributed by atoms with Gasteiger partial charge in [0, 0.05) is 24.7 Å². The van der Waals surface area contributed by atoms with Crippen molar-refractivity contribution in [1.29, 1.82) is 0 Å². The second-order valence-corrected chi connectivity index (χ2v) is 7.81. The van der Waals surface area contributed by atoms with Gasteiger partial charge in [-0.1, -0.05) is 23.2 Å². The average Bonchev–Trinajstić information content (AvgIpc) is 2.63. The highest BCUT2D eigenvalue weighted by molar-refractivity contribution is 7.89. The number of sulfonamides is 1. The van der Waals surface area contributed by atoms with Crippen LogP contribution in [-0.2, 0) is 16.6 Å². The smallest absolute Gasteiger partial charge is 0.244 e. The van der Waals surface area contributed by atoms with E-state index in [2.05, 4.69) is 4.90 Å². The van der Waals surface area contributed by atoms with E-state index in [4.69, 9.17) is 23.2 Å². The van der Waals surface area contributed by atoms with Crippen LogP contribution in [0.4, 0.5) is 0 Å². The number of rotatable bonds is 3.